The summed E-state index contributed by atoms with van der Waals surface area (Å²) in [6.07, 6.45) is 8.80. The van der Waals surface area contributed by atoms with Crippen LogP contribution in [0.15, 0.2) is 73.1 Å². The molecule has 3 amide bonds. The molecule has 4 unspecified atom stereocenters. The van der Waals surface area contributed by atoms with Gasteiger partial charge in [-0.15, -0.1) is 0 Å². The second-order valence-electron chi connectivity index (χ2n) is 18.5. The molecule has 2 saturated heterocycles. The smallest absolute Gasteiger partial charge is 0.411 e. The molecule has 12 heteroatoms. The van der Waals surface area contributed by atoms with E-state index < -0.39 is 23.3 Å². The molecule has 4 heterocycles. The molecule has 4 aliphatic rings. The number of carbonyl (C=O) groups is 3. The van der Waals surface area contributed by atoms with Crippen molar-refractivity contribution in [3.63, 3.8) is 0 Å². The molecule has 2 aromatic heterocycles. The van der Waals surface area contributed by atoms with Gasteiger partial charge in [0.1, 0.15) is 28.8 Å². The van der Waals surface area contributed by atoms with Crippen molar-refractivity contribution in [2.75, 3.05) is 20.2 Å². The van der Waals surface area contributed by atoms with Crippen molar-refractivity contribution >= 4 is 28.9 Å². The molecule has 302 valence electrons. The summed E-state index contributed by atoms with van der Waals surface area (Å²) in [5, 5.41) is 5.00. The number of methoxy groups -OCH3 is 1. The fourth-order valence-corrected chi connectivity index (χ4v) is 9.61. The van der Waals surface area contributed by atoms with E-state index in [4.69, 9.17) is 19.4 Å². The Hall–Kier alpha value is -5.65. The van der Waals surface area contributed by atoms with Gasteiger partial charge in [-0.05, 0) is 116 Å². The molecule has 1 spiro atoms. The molecule has 4 atom stereocenters. The monoisotopic (exact) mass is 783 g/mol. The number of fused-ring (bicyclic) bond motifs is 3. The highest BCUT2D eigenvalue weighted by Crippen LogP contribution is 2.58. The van der Waals surface area contributed by atoms with Gasteiger partial charge in [0.05, 0.1) is 36.9 Å². The summed E-state index contributed by atoms with van der Waals surface area (Å²) in [6, 6.07) is 20.6. The minimum atomic E-state index is -0.678. The lowest BCUT2D eigenvalue weighted by atomic mass is 9.96. The SMILES string of the molecule is COC(=O)NC(C(=O)N1CC2(CC2)CC1c1ncc(-c2ccc3cc(-c4ccc(-c5cnc(C67CCC(CN6C(=O)OC(C)(C)C)C7)[nH]5)cc4)ccc3c2)[nH]1)C(C)C. The molecule has 2 saturated carbocycles. The number of ether oxygens (including phenoxy) is 2. The van der Waals surface area contributed by atoms with E-state index in [1.165, 1.54) is 7.11 Å². The Bertz CT molecular complexity index is 2390. The van der Waals surface area contributed by atoms with Crippen LogP contribution in [0.5, 0.6) is 0 Å². The predicted octanol–water partition coefficient (Wildman–Crippen LogP) is 8.97. The minimum Gasteiger partial charge on any atom is -0.453 e. The van der Waals surface area contributed by atoms with Gasteiger partial charge in [0, 0.05) is 18.7 Å². The van der Waals surface area contributed by atoms with Crippen LogP contribution in [0.1, 0.15) is 90.8 Å². The van der Waals surface area contributed by atoms with E-state index in [-0.39, 0.29) is 29.4 Å². The van der Waals surface area contributed by atoms with Gasteiger partial charge in [0.15, 0.2) is 0 Å². The van der Waals surface area contributed by atoms with Crippen LogP contribution in [0, 0.1) is 17.3 Å². The molecule has 9 rings (SSSR count). The van der Waals surface area contributed by atoms with Gasteiger partial charge < -0.3 is 29.7 Å². The maximum atomic E-state index is 13.9. The molecular formula is C46H53N7O5. The van der Waals surface area contributed by atoms with Gasteiger partial charge in [-0.25, -0.2) is 19.6 Å². The lowest BCUT2D eigenvalue weighted by Gasteiger charge is -2.38. The first-order valence-electron chi connectivity index (χ1n) is 20.6. The molecule has 3 N–H and O–H groups in total. The summed E-state index contributed by atoms with van der Waals surface area (Å²) in [6.45, 7) is 11.0. The van der Waals surface area contributed by atoms with Crippen molar-refractivity contribution in [3.8, 4) is 33.6 Å². The Labute approximate surface area is 339 Å². The van der Waals surface area contributed by atoms with Crippen molar-refractivity contribution in [2.24, 2.45) is 17.3 Å². The van der Waals surface area contributed by atoms with Crippen molar-refractivity contribution < 1.29 is 23.9 Å². The highest BCUT2D eigenvalue weighted by atomic mass is 16.6. The van der Waals surface area contributed by atoms with Gasteiger partial charge in [0.25, 0.3) is 0 Å². The number of hydrogen-bond donors (Lipinski definition) is 3. The number of nitrogens with one attached hydrogen (secondary N) is 3. The standard InChI is InChI=1S/C46H53N7O5/c1-27(2)38(51-42(55)57-6)40(54)52-26-45(17-18-45)22-37(52)39-47-23-36(49-39)34-14-13-32-19-31(11-12-33(32)20-34)29-7-9-30(10-8-29)35-24-48-41(50-35)46-16-15-28(21-46)25-53(46)43(56)58-44(3,4)5/h7-14,19-20,23-24,27-28,37-38H,15-18,21-22,25-26H2,1-6H3,(H,47,49)(H,48,50)(H,51,55). The average Bonchev–Trinajstić information content (AvgIpc) is 3.82. The topological polar surface area (TPSA) is 146 Å². The Morgan fingerprint density at radius 2 is 1.50 bits per heavy atom. The number of likely N-dealkylation sites (tertiary alicyclic amines) is 2. The van der Waals surface area contributed by atoms with Crippen LogP contribution in [-0.4, -0.2) is 79.7 Å². The Kier molecular flexibility index (Phi) is 9.16. The number of aromatic amines is 2. The van der Waals surface area contributed by atoms with Crippen molar-refractivity contribution in [1.29, 1.82) is 0 Å². The molecule has 2 aliphatic heterocycles. The van der Waals surface area contributed by atoms with Gasteiger partial charge in [-0.1, -0.05) is 62.4 Å². The third-order valence-electron chi connectivity index (χ3n) is 12.9. The zero-order valence-corrected chi connectivity index (χ0v) is 34.2. The fraction of sp³-hybridized carbons (Fsp3) is 0.457. The van der Waals surface area contributed by atoms with E-state index in [1.807, 2.05) is 56.8 Å². The number of nitrogens with zero attached hydrogens (tertiary/aromatic N) is 4. The van der Waals surface area contributed by atoms with Crippen LogP contribution in [0.3, 0.4) is 0 Å². The largest absolute Gasteiger partial charge is 0.453 e. The first-order chi connectivity index (χ1) is 27.7. The molecule has 3 aromatic carbocycles. The first kappa shape index (κ1) is 37.9. The number of H-pyrrole nitrogens is 2. The van der Waals surface area contributed by atoms with Gasteiger partial charge in [-0.3, -0.25) is 9.69 Å². The molecule has 12 nitrogen and oxygen atoms in total. The summed E-state index contributed by atoms with van der Waals surface area (Å²) < 4.78 is 10.6. The van der Waals surface area contributed by atoms with Gasteiger partial charge in [-0.2, -0.15) is 0 Å². The Balaban J connectivity index is 0.903. The van der Waals surface area contributed by atoms with Crippen LogP contribution in [-0.2, 0) is 19.8 Å². The normalized spacial score (nSPS) is 22.5. The fourth-order valence-electron chi connectivity index (χ4n) is 9.61. The maximum absolute atomic E-state index is 13.9. The van der Waals surface area contributed by atoms with Crippen LogP contribution in [0.2, 0.25) is 0 Å². The van der Waals surface area contributed by atoms with Crippen molar-refractivity contribution in [1.82, 2.24) is 35.1 Å². The van der Waals surface area contributed by atoms with E-state index in [0.29, 0.717) is 19.0 Å². The second-order valence-corrected chi connectivity index (χ2v) is 18.5. The highest BCUT2D eigenvalue weighted by Gasteiger charge is 2.57. The average molecular weight is 784 g/mol. The molecule has 0 radical (unpaired) electrons. The van der Waals surface area contributed by atoms with Crippen LogP contribution in [0.4, 0.5) is 9.59 Å². The minimum absolute atomic E-state index is 0.0963. The van der Waals surface area contributed by atoms with E-state index in [9.17, 15) is 14.4 Å². The lowest BCUT2D eigenvalue weighted by Crippen LogP contribution is -2.51. The summed E-state index contributed by atoms with van der Waals surface area (Å²) in [5.74, 6) is 1.88. The van der Waals surface area contributed by atoms with Crippen LogP contribution >= 0.6 is 0 Å². The number of carbonyl (C=O) groups excluding carboxylic acids is 3. The third kappa shape index (κ3) is 6.90. The molecule has 2 aliphatic carbocycles. The zero-order valence-electron chi connectivity index (χ0n) is 34.2. The van der Waals surface area contributed by atoms with Gasteiger partial charge >= 0.3 is 12.2 Å². The number of hydrogen-bond acceptors (Lipinski definition) is 7. The van der Waals surface area contributed by atoms with Crippen molar-refractivity contribution in [3.05, 3.63) is 84.7 Å². The Morgan fingerprint density at radius 1 is 0.845 bits per heavy atom. The molecule has 5 aromatic rings. The number of imidazole rings is 2. The van der Waals surface area contributed by atoms with Crippen molar-refractivity contribution in [2.45, 2.75) is 96.4 Å². The summed E-state index contributed by atoms with van der Waals surface area (Å²) in [7, 11) is 1.31. The number of alkyl carbamates (subject to hydrolysis) is 1. The summed E-state index contributed by atoms with van der Waals surface area (Å²) in [4.78, 5) is 59.8. The highest BCUT2D eigenvalue weighted by molar-refractivity contribution is 5.91. The number of benzene rings is 3. The first-order valence-corrected chi connectivity index (χ1v) is 20.6. The quantitative estimate of drug-likeness (QED) is 0.142. The zero-order chi connectivity index (χ0) is 40.6. The summed E-state index contributed by atoms with van der Waals surface area (Å²) in [5.41, 5.74) is 5.25. The van der Waals surface area contributed by atoms with E-state index in [1.54, 1.807) is 0 Å². The number of aromatic nitrogens is 4. The number of amides is 3. The van der Waals surface area contributed by atoms with E-state index in [2.05, 4.69) is 75.9 Å². The maximum Gasteiger partial charge on any atom is 0.411 e. The molecular weight excluding hydrogens is 731 g/mol. The van der Waals surface area contributed by atoms with E-state index in [0.717, 1.165) is 94.6 Å². The second kappa shape index (κ2) is 14.0. The van der Waals surface area contributed by atoms with E-state index >= 15 is 0 Å². The molecule has 58 heavy (non-hydrogen) atoms. The summed E-state index contributed by atoms with van der Waals surface area (Å²) >= 11 is 0. The predicted molar refractivity (Wildman–Crippen MR) is 221 cm³/mol. The lowest BCUT2D eigenvalue weighted by molar-refractivity contribution is -0.135. The van der Waals surface area contributed by atoms with Gasteiger partial charge in [0.2, 0.25) is 5.91 Å². The van der Waals surface area contributed by atoms with Crippen LogP contribution < -0.4 is 5.32 Å². The number of rotatable bonds is 8. The molecule has 4 fully saturated rings. The Morgan fingerprint density at radius 3 is 2.17 bits per heavy atom. The van der Waals surface area contributed by atoms with Crippen LogP contribution in [0.25, 0.3) is 44.4 Å². The number of piperidine rings is 1. The third-order valence-corrected chi connectivity index (χ3v) is 12.9. The molecule has 2 bridgehead atoms.